The highest BCUT2D eigenvalue weighted by Crippen LogP contribution is 2.15. The van der Waals surface area contributed by atoms with E-state index in [1.54, 1.807) is 7.11 Å². The van der Waals surface area contributed by atoms with Crippen LogP contribution in [0, 0.1) is 6.92 Å². The zero-order valence-corrected chi connectivity index (χ0v) is 13.7. The summed E-state index contributed by atoms with van der Waals surface area (Å²) in [6, 6.07) is 8.68. The maximum Gasteiger partial charge on any atom is 0.0471 e. The smallest absolute Gasteiger partial charge is 0.0471 e. The topological polar surface area (TPSA) is 38.3 Å². The van der Waals surface area contributed by atoms with Crippen molar-refractivity contribution in [3.05, 3.63) is 35.4 Å². The van der Waals surface area contributed by atoms with Gasteiger partial charge in [-0.15, -0.1) is 0 Å². The van der Waals surface area contributed by atoms with E-state index in [1.807, 2.05) is 0 Å². The largest absolute Gasteiger partial charge is 0.385 e. The van der Waals surface area contributed by atoms with Gasteiger partial charge in [-0.3, -0.25) is 4.21 Å². The first kappa shape index (κ1) is 17.3. The summed E-state index contributed by atoms with van der Waals surface area (Å²) >= 11 is 0. The highest BCUT2D eigenvalue weighted by molar-refractivity contribution is 7.85. The van der Waals surface area contributed by atoms with Gasteiger partial charge in [-0.05, 0) is 31.9 Å². The second-order valence-electron chi connectivity index (χ2n) is 5.07. The molecule has 0 radical (unpaired) electrons. The number of methoxy groups -OCH3 is 1. The van der Waals surface area contributed by atoms with Crippen molar-refractivity contribution in [3.63, 3.8) is 0 Å². The molecule has 1 N–H and O–H groups in total. The van der Waals surface area contributed by atoms with Crippen LogP contribution in [0.4, 0.5) is 0 Å². The number of hydrogen-bond donors (Lipinski definition) is 1. The Morgan fingerprint density at radius 2 is 2.00 bits per heavy atom. The Hall–Kier alpha value is -0.710. The van der Waals surface area contributed by atoms with Crippen molar-refractivity contribution in [2.45, 2.75) is 32.7 Å². The lowest BCUT2D eigenvalue weighted by molar-refractivity contribution is 0.200. The molecule has 0 saturated carbocycles. The summed E-state index contributed by atoms with van der Waals surface area (Å²) in [6.07, 6.45) is 1.94. The number of rotatable bonds is 10. The van der Waals surface area contributed by atoms with Gasteiger partial charge in [0.25, 0.3) is 0 Å². The summed E-state index contributed by atoms with van der Waals surface area (Å²) in [5.74, 6) is 1.39. The monoisotopic (exact) mass is 297 g/mol. The van der Waals surface area contributed by atoms with Gasteiger partial charge in [0.15, 0.2) is 0 Å². The molecule has 0 amide bonds. The zero-order valence-electron chi connectivity index (χ0n) is 12.9. The van der Waals surface area contributed by atoms with Crippen LogP contribution in [0.2, 0.25) is 0 Å². The fourth-order valence-corrected chi connectivity index (χ4v) is 3.31. The van der Waals surface area contributed by atoms with Crippen LogP contribution >= 0.6 is 0 Å². The van der Waals surface area contributed by atoms with Crippen LogP contribution in [-0.2, 0) is 15.5 Å². The molecule has 0 aliphatic rings. The summed E-state index contributed by atoms with van der Waals surface area (Å²) in [4.78, 5) is 0. The van der Waals surface area contributed by atoms with Crippen molar-refractivity contribution >= 4 is 10.8 Å². The molecule has 2 atom stereocenters. The van der Waals surface area contributed by atoms with Gasteiger partial charge in [0.05, 0.1) is 0 Å². The Morgan fingerprint density at radius 1 is 1.30 bits per heavy atom. The second-order valence-corrected chi connectivity index (χ2v) is 6.70. The fourth-order valence-electron chi connectivity index (χ4n) is 2.02. The fraction of sp³-hybridized carbons (Fsp3) is 0.625. The maximum absolute atomic E-state index is 12.1. The SMILES string of the molecule is CCCNC(CS(=O)CCCOC)c1ccc(C)cc1. The molecule has 3 nitrogen and oxygen atoms in total. The first-order valence-corrected chi connectivity index (χ1v) is 8.80. The average molecular weight is 297 g/mol. The molecule has 0 bridgehead atoms. The van der Waals surface area contributed by atoms with E-state index in [9.17, 15) is 4.21 Å². The quantitative estimate of drug-likeness (QED) is 0.675. The lowest BCUT2D eigenvalue weighted by Crippen LogP contribution is -2.27. The highest BCUT2D eigenvalue weighted by atomic mass is 32.2. The molecule has 114 valence electrons. The molecule has 1 rings (SSSR count). The normalized spacial score (nSPS) is 14.2. The summed E-state index contributed by atoms with van der Waals surface area (Å²) in [6.45, 7) is 5.87. The van der Waals surface area contributed by atoms with Crippen molar-refractivity contribution in [2.24, 2.45) is 0 Å². The molecular weight excluding hydrogens is 270 g/mol. The van der Waals surface area contributed by atoms with E-state index in [2.05, 4.69) is 43.4 Å². The maximum atomic E-state index is 12.1. The van der Waals surface area contributed by atoms with Crippen molar-refractivity contribution in [2.75, 3.05) is 31.8 Å². The first-order chi connectivity index (χ1) is 9.67. The Morgan fingerprint density at radius 3 is 2.60 bits per heavy atom. The highest BCUT2D eigenvalue weighted by Gasteiger charge is 2.14. The van der Waals surface area contributed by atoms with Crippen LogP contribution in [0.5, 0.6) is 0 Å². The lowest BCUT2D eigenvalue weighted by atomic mass is 10.1. The molecule has 20 heavy (non-hydrogen) atoms. The van der Waals surface area contributed by atoms with Crippen LogP contribution < -0.4 is 5.32 Å². The number of benzene rings is 1. The van der Waals surface area contributed by atoms with E-state index < -0.39 is 10.8 Å². The van der Waals surface area contributed by atoms with E-state index in [0.29, 0.717) is 18.1 Å². The van der Waals surface area contributed by atoms with Crippen LogP contribution in [0.15, 0.2) is 24.3 Å². The Balaban J connectivity index is 2.59. The molecule has 0 aliphatic carbocycles. The summed E-state index contributed by atoms with van der Waals surface area (Å²) in [5.41, 5.74) is 2.48. The summed E-state index contributed by atoms with van der Waals surface area (Å²) in [5, 5.41) is 3.50. The van der Waals surface area contributed by atoms with Gasteiger partial charge in [-0.25, -0.2) is 0 Å². The molecular formula is C16H27NO2S. The minimum atomic E-state index is -0.803. The first-order valence-electron chi connectivity index (χ1n) is 7.31. The van der Waals surface area contributed by atoms with E-state index in [-0.39, 0.29) is 6.04 Å². The molecule has 0 aliphatic heterocycles. The molecule has 0 fully saturated rings. The number of hydrogen-bond acceptors (Lipinski definition) is 3. The number of nitrogens with one attached hydrogen (secondary N) is 1. The molecule has 1 aromatic rings. The third-order valence-electron chi connectivity index (χ3n) is 3.19. The van der Waals surface area contributed by atoms with Crippen LogP contribution in [0.25, 0.3) is 0 Å². The van der Waals surface area contributed by atoms with Gasteiger partial charge in [0, 0.05) is 42.1 Å². The molecule has 2 unspecified atom stereocenters. The second kappa shape index (κ2) is 10.1. The third kappa shape index (κ3) is 6.64. The number of ether oxygens (including phenoxy) is 1. The molecule has 0 saturated heterocycles. The summed E-state index contributed by atoms with van der Waals surface area (Å²) < 4.78 is 17.2. The Bertz CT molecular complexity index is 392. The Kier molecular flexibility index (Phi) is 8.74. The third-order valence-corrected chi connectivity index (χ3v) is 4.64. The van der Waals surface area contributed by atoms with E-state index in [0.717, 1.165) is 19.4 Å². The van der Waals surface area contributed by atoms with Gasteiger partial charge < -0.3 is 10.1 Å². The molecule has 0 aromatic heterocycles. The number of aryl methyl sites for hydroxylation is 1. The van der Waals surface area contributed by atoms with E-state index >= 15 is 0 Å². The van der Waals surface area contributed by atoms with E-state index in [4.69, 9.17) is 4.74 Å². The van der Waals surface area contributed by atoms with Crippen LogP contribution in [0.1, 0.15) is 36.9 Å². The standard InChI is InChI=1S/C16H27NO2S/c1-4-10-17-16(13-20(18)12-5-11-19-3)15-8-6-14(2)7-9-15/h6-9,16-17H,4-5,10-13H2,1-3H3. The van der Waals surface area contributed by atoms with Crippen molar-refractivity contribution < 1.29 is 8.95 Å². The van der Waals surface area contributed by atoms with Gasteiger partial charge in [-0.1, -0.05) is 36.8 Å². The molecule has 4 heteroatoms. The molecule has 1 aromatic carbocycles. The Labute approximate surface area is 125 Å². The predicted octanol–water partition coefficient (Wildman–Crippen LogP) is 2.82. The van der Waals surface area contributed by atoms with Crippen molar-refractivity contribution in [1.29, 1.82) is 0 Å². The summed E-state index contributed by atoms with van der Waals surface area (Å²) in [7, 11) is 0.878. The van der Waals surface area contributed by atoms with E-state index in [1.165, 1.54) is 11.1 Å². The van der Waals surface area contributed by atoms with Crippen molar-refractivity contribution in [3.8, 4) is 0 Å². The molecule has 0 heterocycles. The van der Waals surface area contributed by atoms with Gasteiger partial charge in [0.1, 0.15) is 0 Å². The minimum Gasteiger partial charge on any atom is -0.385 e. The van der Waals surface area contributed by atoms with Gasteiger partial charge in [0.2, 0.25) is 0 Å². The lowest BCUT2D eigenvalue weighted by Gasteiger charge is -2.19. The zero-order chi connectivity index (χ0) is 14.8. The van der Waals surface area contributed by atoms with Crippen LogP contribution in [0.3, 0.4) is 0 Å². The minimum absolute atomic E-state index is 0.180. The predicted molar refractivity (Wildman–Crippen MR) is 86.6 cm³/mol. The average Bonchev–Trinajstić information content (AvgIpc) is 2.44. The van der Waals surface area contributed by atoms with Crippen LogP contribution in [-0.4, -0.2) is 36.0 Å². The van der Waals surface area contributed by atoms with Gasteiger partial charge >= 0.3 is 0 Å². The van der Waals surface area contributed by atoms with Crippen molar-refractivity contribution in [1.82, 2.24) is 5.32 Å². The van der Waals surface area contributed by atoms with Gasteiger partial charge in [-0.2, -0.15) is 0 Å². The molecule has 0 spiro atoms.